The van der Waals surface area contributed by atoms with E-state index in [2.05, 4.69) is 5.32 Å². The van der Waals surface area contributed by atoms with Crippen molar-refractivity contribution in [3.8, 4) is 5.75 Å². The second-order valence-corrected chi connectivity index (χ2v) is 6.28. The molecule has 4 nitrogen and oxygen atoms in total. The van der Waals surface area contributed by atoms with Crippen molar-refractivity contribution >= 4 is 16.8 Å². The fourth-order valence-electron chi connectivity index (χ4n) is 3.58. The van der Waals surface area contributed by atoms with Crippen LogP contribution in [0.1, 0.15) is 33.6 Å². The predicted molar refractivity (Wildman–Crippen MR) is 97.9 cm³/mol. The van der Waals surface area contributed by atoms with Gasteiger partial charge in [0.15, 0.2) is 0 Å². The quantitative estimate of drug-likeness (QED) is 0.793. The minimum absolute atomic E-state index is 0.0392. The lowest BCUT2D eigenvalue weighted by Gasteiger charge is -2.14. The summed E-state index contributed by atoms with van der Waals surface area (Å²) in [5.74, 6) is 0.746. The second-order valence-electron chi connectivity index (χ2n) is 6.28. The van der Waals surface area contributed by atoms with Crippen LogP contribution in [0.15, 0.2) is 48.5 Å². The van der Waals surface area contributed by atoms with Crippen molar-refractivity contribution < 1.29 is 9.53 Å². The van der Waals surface area contributed by atoms with Gasteiger partial charge in [0, 0.05) is 23.2 Å². The number of benzene rings is 2. The molecule has 1 N–H and O–H groups in total. The van der Waals surface area contributed by atoms with Gasteiger partial charge in [-0.05, 0) is 37.0 Å². The summed E-state index contributed by atoms with van der Waals surface area (Å²) >= 11 is 0. The van der Waals surface area contributed by atoms with Crippen molar-refractivity contribution in [3.63, 3.8) is 0 Å². The van der Waals surface area contributed by atoms with Gasteiger partial charge < -0.3 is 10.1 Å². The Kier molecular flexibility index (Phi) is 4.10. The Morgan fingerprint density at radius 2 is 1.92 bits per heavy atom. The van der Waals surface area contributed by atoms with Gasteiger partial charge in [-0.15, -0.1) is 0 Å². The molecule has 0 bridgehead atoms. The highest BCUT2D eigenvalue weighted by Gasteiger charge is 2.23. The third kappa shape index (κ3) is 2.84. The Hall–Kier alpha value is -2.88. The predicted octanol–water partition coefficient (Wildman–Crippen LogP) is 3.66. The van der Waals surface area contributed by atoms with E-state index < -0.39 is 0 Å². The number of hydrogen-bond acceptors (Lipinski definition) is 3. The Morgan fingerprint density at radius 1 is 1.12 bits per heavy atom. The molecule has 4 rings (SSSR count). The van der Waals surface area contributed by atoms with Crippen LogP contribution in [0.5, 0.6) is 5.75 Å². The van der Waals surface area contributed by atoms with Crippen LogP contribution < -0.4 is 10.1 Å². The van der Waals surface area contributed by atoms with Gasteiger partial charge in [-0.25, -0.2) is 0 Å². The number of methoxy groups -OCH3 is 1. The first-order valence-electron chi connectivity index (χ1n) is 8.58. The van der Waals surface area contributed by atoms with Crippen LogP contribution >= 0.6 is 0 Å². The van der Waals surface area contributed by atoms with Crippen molar-refractivity contribution in [1.29, 1.82) is 0 Å². The lowest BCUT2D eigenvalue weighted by atomic mass is 10.0. The molecule has 0 aliphatic heterocycles. The number of rotatable bonds is 4. The SMILES string of the molecule is COc1ccccc1CNC(=O)c1c2c(nc3ccccc13)CCC2. The molecule has 2 aromatic carbocycles. The lowest BCUT2D eigenvalue weighted by molar-refractivity contribution is 0.0951. The first kappa shape index (κ1) is 15.6. The molecule has 1 amide bonds. The van der Waals surface area contributed by atoms with E-state index in [-0.39, 0.29) is 5.91 Å². The van der Waals surface area contributed by atoms with Gasteiger partial charge in [-0.3, -0.25) is 9.78 Å². The summed E-state index contributed by atoms with van der Waals surface area (Å²) in [7, 11) is 1.64. The zero-order chi connectivity index (χ0) is 17.2. The van der Waals surface area contributed by atoms with Gasteiger partial charge in [0.25, 0.3) is 5.91 Å². The maximum Gasteiger partial charge on any atom is 0.252 e. The molecule has 3 aromatic rings. The van der Waals surface area contributed by atoms with Crippen LogP contribution in [0.25, 0.3) is 10.9 Å². The van der Waals surface area contributed by atoms with E-state index in [0.29, 0.717) is 6.54 Å². The average Bonchev–Trinajstić information content (AvgIpc) is 3.12. The van der Waals surface area contributed by atoms with E-state index in [1.54, 1.807) is 7.11 Å². The zero-order valence-electron chi connectivity index (χ0n) is 14.2. The third-order valence-corrected chi connectivity index (χ3v) is 4.78. The topological polar surface area (TPSA) is 51.2 Å². The van der Waals surface area contributed by atoms with Crippen molar-refractivity contribution in [2.45, 2.75) is 25.8 Å². The molecular weight excluding hydrogens is 312 g/mol. The first-order chi connectivity index (χ1) is 12.3. The molecule has 0 atom stereocenters. The van der Waals surface area contributed by atoms with E-state index >= 15 is 0 Å². The molecule has 126 valence electrons. The molecule has 1 heterocycles. The summed E-state index contributed by atoms with van der Waals surface area (Å²) < 4.78 is 5.37. The van der Waals surface area contributed by atoms with E-state index in [4.69, 9.17) is 9.72 Å². The van der Waals surface area contributed by atoms with Crippen LogP contribution in [0.3, 0.4) is 0 Å². The van der Waals surface area contributed by atoms with Gasteiger partial charge in [0.05, 0.1) is 18.2 Å². The summed E-state index contributed by atoms with van der Waals surface area (Å²) in [6, 6.07) is 15.6. The maximum absolute atomic E-state index is 13.0. The highest BCUT2D eigenvalue weighted by atomic mass is 16.5. The minimum atomic E-state index is -0.0392. The number of carbonyl (C=O) groups is 1. The maximum atomic E-state index is 13.0. The van der Waals surface area contributed by atoms with Gasteiger partial charge in [0.1, 0.15) is 5.75 Å². The Labute approximate surface area is 146 Å². The number of nitrogens with one attached hydrogen (secondary N) is 1. The van der Waals surface area contributed by atoms with E-state index in [0.717, 1.165) is 58.3 Å². The van der Waals surface area contributed by atoms with Crippen LogP contribution in [0.2, 0.25) is 0 Å². The van der Waals surface area contributed by atoms with E-state index in [1.807, 2.05) is 48.5 Å². The third-order valence-electron chi connectivity index (χ3n) is 4.78. The largest absolute Gasteiger partial charge is 0.496 e. The number of hydrogen-bond donors (Lipinski definition) is 1. The minimum Gasteiger partial charge on any atom is -0.496 e. The summed E-state index contributed by atoms with van der Waals surface area (Å²) in [4.78, 5) is 17.8. The van der Waals surface area contributed by atoms with Gasteiger partial charge >= 0.3 is 0 Å². The summed E-state index contributed by atoms with van der Waals surface area (Å²) in [5, 5.41) is 4.00. The molecule has 0 fully saturated rings. The number of nitrogens with zero attached hydrogens (tertiary/aromatic N) is 1. The van der Waals surface area contributed by atoms with Gasteiger partial charge in [-0.2, -0.15) is 0 Å². The van der Waals surface area contributed by atoms with Crippen molar-refractivity contribution in [1.82, 2.24) is 10.3 Å². The highest BCUT2D eigenvalue weighted by Crippen LogP contribution is 2.30. The Morgan fingerprint density at radius 3 is 2.80 bits per heavy atom. The molecule has 4 heteroatoms. The van der Waals surface area contributed by atoms with Gasteiger partial charge in [0.2, 0.25) is 0 Å². The standard InChI is InChI=1S/C21H20N2O2/c1-25-19-12-5-2-7-14(19)13-22-21(24)20-15-8-3-4-10-17(15)23-18-11-6-9-16(18)20/h2-5,7-8,10,12H,6,9,11,13H2,1H3,(H,22,24). The second kappa shape index (κ2) is 6.55. The summed E-state index contributed by atoms with van der Waals surface area (Å²) in [6.07, 6.45) is 2.93. The van der Waals surface area contributed by atoms with Gasteiger partial charge in [-0.1, -0.05) is 36.4 Å². The fourth-order valence-corrected chi connectivity index (χ4v) is 3.58. The molecule has 1 aromatic heterocycles. The van der Waals surface area contributed by atoms with Crippen LogP contribution in [-0.2, 0) is 19.4 Å². The molecular formula is C21H20N2O2. The molecule has 25 heavy (non-hydrogen) atoms. The zero-order valence-corrected chi connectivity index (χ0v) is 14.2. The van der Waals surface area contributed by atoms with Crippen molar-refractivity contribution in [2.75, 3.05) is 7.11 Å². The van der Waals surface area contributed by atoms with E-state index in [1.165, 1.54) is 0 Å². The van der Waals surface area contributed by atoms with Crippen molar-refractivity contribution in [2.24, 2.45) is 0 Å². The normalized spacial score (nSPS) is 12.8. The van der Waals surface area contributed by atoms with Crippen molar-refractivity contribution in [3.05, 3.63) is 70.9 Å². The number of amides is 1. The van der Waals surface area contributed by atoms with Crippen LogP contribution in [-0.4, -0.2) is 18.0 Å². The molecule has 1 aliphatic carbocycles. The number of fused-ring (bicyclic) bond motifs is 2. The number of pyridine rings is 1. The summed E-state index contributed by atoms with van der Waals surface area (Å²) in [6.45, 7) is 0.439. The highest BCUT2D eigenvalue weighted by molar-refractivity contribution is 6.07. The monoisotopic (exact) mass is 332 g/mol. The first-order valence-corrected chi connectivity index (χ1v) is 8.58. The number of aryl methyl sites for hydroxylation is 1. The number of aromatic nitrogens is 1. The number of para-hydroxylation sites is 2. The number of ether oxygens (including phenoxy) is 1. The van der Waals surface area contributed by atoms with E-state index in [9.17, 15) is 4.79 Å². The molecule has 0 saturated carbocycles. The van der Waals surface area contributed by atoms with Crippen LogP contribution in [0.4, 0.5) is 0 Å². The Balaban J connectivity index is 1.68. The molecule has 0 unspecified atom stereocenters. The molecule has 1 aliphatic rings. The smallest absolute Gasteiger partial charge is 0.252 e. The number of carbonyl (C=O) groups excluding carboxylic acids is 1. The summed E-state index contributed by atoms with van der Waals surface area (Å²) in [5.41, 5.74) is 4.82. The average molecular weight is 332 g/mol. The molecule has 0 spiro atoms. The Bertz CT molecular complexity index is 950. The fraction of sp³-hybridized carbons (Fsp3) is 0.238. The molecule has 0 radical (unpaired) electrons. The molecule has 0 saturated heterocycles. The van der Waals surface area contributed by atoms with Crippen LogP contribution in [0, 0.1) is 0 Å². The lowest BCUT2D eigenvalue weighted by Crippen LogP contribution is -2.25.